The molecule has 0 heterocycles. The van der Waals surface area contributed by atoms with Gasteiger partial charge in [0.25, 0.3) is 6.79 Å². The fourth-order valence-corrected chi connectivity index (χ4v) is 6.21. The Morgan fingerprint density at radius 3 is 0.491 bits per heavy atom. The monoisotopic (exact) mass is 974 g/mol. The van der Waals surface area contributed by atoms with Crippen molar-refractivity contribution in [2.75, 3.05) is 0 Å². The molecule has 0 unspecified atom stereocenters. The number of hydrogen-bond donors (Lipinski definition) is 0. The van der Waals surface area contributed by atoms with Crippen LogP contribution in [0.25, 0.3) is 0 Å². The molecule has 0 bridgehead atoms. The van der Waals surface area contributed by atoms with Gasteiger partial charge in [0, 0.05) is 0 Å². The average molecular weight is 976 g/mol. The number of hydrogen-bond acceptors (Lipinski definition) is 7. The first kappa shape index (κ1) is 55.5. The van der Waals surface area contributed by atoms with E-state index in [2.05, 4.69) is 6.79 Å². The van der Waals surface area contributed by atoms with E-state index < -0.39 is 17.2 Å². The maximum Gasteiger partial charge on any atom is 4.00 e. The molecule has 6 aromatic rings. The summed E-state index contributed by atoms with van der Waals surface area (Å²) in [5, 5.41) is 0. The molecule has 0 saturated heterocycles. The van der Waals surface area contributed by atoms with Crippen molar-refractivity contribution in [2.45, 2.75) is 41.5 Å². The first-order valence-corrected chi connectivity index (χ1v) is 18.6. The first-order valence-electron chi connectivity index (χ1n) is 16.5. The van der Waals surface area contributed by atoms with Crippen LogP contribution in [0.2, 0.25) is 0 Å². The Balaban J connectivity index is 0. The van der Waals surface area contributed by atoms with Crippen LogP contribution in [-0.2, 0) is 24.3 Å². The third-order valence-corrected chi connectivity index (χ3v) is 9.36. The molecule has 0 aliphatic heterocycles. The average Bonchev–Trinajstić information content (AvgIpc) is 3.15. The SMILES string of the molecule is Cc1ccc(OP(Oc2ccc(C)cc2)Oc2ccc(C)cc2)cc1.Cc1ccc(OP(Oc2ccc(C)cc2)Oc2ccc(C)cc2)cc1.[C]=O.[Cl-].[Cl-].[Cl-].[Cl-].[Ru+4]. The fraction of sp³-hybridized carbons (Fsp3) is 0.140. The molecule has 7 nitrogen and oxygen atoms in total. The summed E-state index contributed by atoms with van der Waals surface area (Å²) >= 11 is 0. The molecule has 0 N–H and O–H groups in total. The van der Waals surface area contributed by atoms with Gasteiger partial charge in [-0.05, 0) is 114 Å². The summed E-state index contributed by atoms with van der Waals surface area (Å²) in [6.07, 6.45) is 0. The van der Waals surface area contributed by atoms with Crippen LogP contribution < -0.4 is 76.8 Å². The zero-order valence-corrected chi connectivity index (χ0v) is 38.5. The molecule has 6 aromatic carbocycles. The van der Waals surface area contributed by atoms with E-state index in [0.717, 1.165) is 34.5 Å². The number of halogens is 4. The normalized spacial score (nSPS) is 9.33. The van der Waals surface area contributed by atoms with Gasteiger partial charge >= 0.3 is 36.7 Å². The van der Waals surface area contributed by atoms with Crippen molar-refractivity contribution in [3.05, 3.63) is 179 Å². The molecular formula is C43H42Cl4O7P2Ru. The van der Waals surface area contributed by atoms with Crippen molar-refractivity contribution in [1.29, 1.82) is 0 Å². The number of aryl methyl sites for hydroxylation is 6. The van der Waals surface area contributed by atoms with Gasteiger partial charge in [-0.15, -0.1) is 0 Å². The van der Waals surface area contributed by atoms with Gasteiger partial charge < -0.3 is 76.8 Å². The molecule has 302 valence electrons. The van der Waals surface area contributed by atoms with Crippen molar-refractivity contribution in [3.8, 4) is 34.5 Å². The Morgan fingerprint density at radius 1 is 0.281 bits per heavy atom. The molecule has 2 radical (unpaired) electrons. The Hall–Kier alpha value is -3.57. The fourth-order valence-electron chi connectivity index (χ4n) is 4.22. The molecule has 0 aliphatic carbocycles. The molecule has 0 atom stereocenters. The summed E-state index contributed by atoms with van der Waals surface area (Å²) in [6.45, 7) is 16.7. The Bertz CT molecular complexity index is 1560. The summed E-state index contributed by atoms with van der Waals surface area (Å²) in [4.78, 5) is 7.50. The van der Waals surface area contributed by atoms with Crippen LogP contribution in [0.15, 0.2) is 146 Å². The number of rotatable bonds is 12. The summed E-state index contributed by atoms with van der Waals surface area (Å²) in [6, 6.07) is 47.0. The molecule has 57 heavy (non-hydrogen) atoms. The molecule has 0 fully saturated rings. The van der Waals surface area contributed by atoms with E-state index in [0.29, 0.717) is 0 Å². The molecule has 0 saturated carbocycles. The van der Waals surface area contributed by atoms with Gasteiger partial charge in [-0.2, -0.15) is 0 Å². The van der Waals surface area contributed by atoms with E-state index in [1.807, 2.05) is 187 Å². The second kappa shape index (κ2) is 29.6. The zero-order chi connectivity index (χ0) is 37.3. The predicted octanol–water partition coefficient (Wildman–Crippen LogP) is 0.368. The molecule has 0 amide bonds. The zero-order valence-electron chi connectivity index (χ0n) is 32.0. The van der Waals surface area contributed by atoms with E-state index in [9.17, 15) is 0 Å². The predicted molar refractivity (Wildman–Crippen MR) is 210 cm³/mol. The molecule has 6 rings (SSSR count). The molecule has 14 heteroatoms. The van der Waals surface area contributed by atoms with E-state index in [4.69, 9.17) is 31.9 Å². The smallest absolute Gasteiger partial charge is 1.00 e. The summed E-state index contributed by atoms with van der Waals surface area (Å²) in [5.74, 6) is 4.31. The van der Waals surface area contributed by atoms with Crippen LogP contribution in [0.1, 0.15) is 33.4 Å². The standard InChI is InChI=1S/2C21H21O3P.CO.4ClH.Ru/c2*1-16-4-10-19(11-5-16)22-25(23-20-12-6-17(2)7-13-20)24-21-14-8-18(3)9-15-21;1-2;;;;;/h2*4-15H,1-3H3;;4*1H;/q;;;;;;;+4/p-4. The van der Waals surface area contributed by atoms with E-state index >= 15 is 0 Å². The van der Waals surface area contributed by atoms with Gasteiger partial charge in [0.15, 0.2) is 0 Å². The maximum atomic E-state index is 7.50. The second-order valence-electron chi connectivity index (χ2n) is 11.9. The van der Waals surface area contributed by atoms with Crippen molar-refractivity contribution in [3.63, 3.8) is 0 Å². The topological polar surface area (TPSA) is 72.5 Å². The van der Waals surface area contributed by atoms with E-state index in [-0.39, 0.29) is 69.1 Å². The van der Waals surface area contributed by atoms with Crippen LogP contribution >= 0.6 is 17.2 Å². The number of carbonyl (C=O) groups excluding carboxylic acids is 1. The first-order chi connectivity index (χ1) is 25.2. The molecule has 0 spiro atoms. The minimum atomic E-state index is -1.62. The van der Waals surface area contributed by atoms with Gasteiger partial charge in [0.1, 0.15) is 34.5 Å². The minimum Gasteiger partial charge on any atom is -1.00 e. The van der Waals surface area contributed by atoms with E-state index in [1.54, 1.807) is 0 Å². The van der Waals surface area contributed by atoms with Gasteiger partial charge in [-0.3, -0.25) is 4.79 Å². The van der Waals surface area contributed by atoms with Crippen LogP contribution in [0.4, 0.5) is 0 Å². The Morgan fingerprint density at radius 2 is 0.386 bits per heavy atom. The summed E-state index contributed by atoms with van der Waals surface area (Å²) in [7, 11) is -3.24. The summed E-state index contributed by atoms with van der Waals surface area (Å²) < 4.78 is 35.7. The Kier molecular flexibility index (Phi) is 28.9. The van der Waals surface area contributed by atoms with Crippen LogP contribution in [-0.4, -0.2) is 6.79 Å². The molecular weight excluding hydrogens is 933 g/mol. The van der Waals surface area contributed by atoms with E-state index in [1.165, 1.54) is 33.4 Å². The van der Waals surface area contributed by atoms with Crippen molar-refractivity contribution >= 4 is 24.0 Å². The molecule has 0 aromatic heterocycles. The molecule has 0 aliphatic rings. The van der Waals surface area contributed by atoms with Crippen LogP contribution in [0, 0.1) is 41.5 Å². The minimum absolute atomic E-state index is 0. The van der Waals surface area contributed by atoms with Gasteiger partial charge in [-0.1, -0.05) is 106 Å². The third-order valence-electron chi connectivity index (χ3n) is 7.21. The quantitative estimate of drug-likeness (QED) is 0.130. The van der Waals surface area contributed by atoms with Crippen LogP contribution in [0.5, 0.6) is 34.5 Å². The number of benzene rings is 6. The van der Waals surface area contributed by atoms with Gasteiger partial charge in [0.2, 0.25) is 0 Å². The maximum absolute atomic E-state index is 7.50. The Labute approximate surface area is 377 Å². The van der Waals surface area contributed by atoms with Gasteiger partial charge in [0.05, 0.1) is 0 Å². The van der Waals surface area contributed by atoms with Crippen molar-refractivity contribution in [2.24, 2.45) is 0 Å². The van der Waals surface area contributed by atoms with Crippen molar-refractivity contribution < 1.29 is 101 Å². The van der Waals surface area contributed by atoms with Crippen molar-refractivity contribution in [1.82, 2.24) is 0 Å². The second-order valence-corrected chi connectivity index (χ2v) is 13.9. The third kappa shape index (κ3) is 20.6. The van der Waals surface area contributed by atoms with Gasteiger partial charge in [-0.25, -0.2) is 0 Å². The summed E-state index contributed by atoms with van der Waals surface area (Å²) in [5.41, 5.74) is 7.06. The largest absolute Gasteiger partial charge is 4.00 e. The van der Waals surface area contributed by atoms with Crippen LogP contribution in [0.3, 0.4) is 0 Å².